The Labute approximate surface area is 123 Å². The van der Waals surface area contributed by atoms with E-state index in [1.807, 2.05) is 24.3 Å². The maximum atomic E-state index is 10.7. The molecule has 0 aliphatic carbocycles. The molecule has 0 amide bonds. The van der Waals surface area contributed by atoms with E-state index in [1.165, 1.54) is 12.1 Å². The van der Waals surface area contributed by atoms with Crippen LogP contribution in [0.15, 0.2) is 42.5 Å². The zero-order valence-electron chi connectivity index (χ0n) is 11.8. The fourth-order valence-corrected chi connectivity index (χ4v) is 1.85. The largest absolute Gasteiger partial charge is 0.545 e. The van der Waals surface area contributed by atoms with Gasteiger partial charge in [0.1, 0.15) is 11.5 Å². The van der Waals surface area contributed by atoms with Crippen molar-refractivity contribution in [3.8, 4) is 11.5 Å². The average molecular weight is 283 g/mol. The van der Waals surface area contributed by atoms with Gasteiger partial charge >= 0.3 is 0 Å². The zero-order valence-corrected chi connectivity index (χ0v) is 11.8. The summed E-state index contributed by atoms with van der Waals surface area (Å²) in [6, 6.07) is 12.0. The molecule has 0 heterocycles. The van der Waals surface area contributed by atoms with Crippen LogP contribution in [-0.2, 0) is 0 Å². The van der Waals surface area contributed by atoms with E-state index in [4.69, 9.17) is 9.47 Å². The van der Waals surface area contributed by atoms with E-state index in [1.54, 1.807) is 32.4 Å². The standard InChI is InChI=1S/C17H16O4/c1-20-15-9-13(10-16(11-15)21-2)4-3-12-5-7-14(8-6-12)17(18)19/h3-11H,1-2H3,(H,18,19)/p-1/b4-3+. The van der Waals surface area contributed by atoms with E-state index in [9.17, 15) is 9.90 Å². The first kappa shape index (κ1) is 14.7. The minimum Gasteiger partial charge on any atom is -0.545 e. The lowest BCUT2D eigenvalue weighted by atomic mass is 10.1. The minimum absolute atomic E-state index is 0.162. The molecule has 0 atom stereocenters. The molecule has 4 heteroatoms. The Balaban J connectivity index is 2.22. The fourth-order valence-electron chi connectivity index (χ4n) is 1.85. The molecule has 4 nitrogen and oxygen atoms in total. The van der Waals surface area contributed by atoms with E-state index in [2.05, 4.69) is 0 Å². The van der Waals surface area contributed by atoms with Crippen LogP contribution in [0.3, 0.4) is 0 Å². The first-order chi connectivity index (χ1) is 10.1. The van der Waals surface area contributed by atoms with Crippen LogP contribution in [0.25, 0.3) is 12.2 Å². The lowest BCUT2D eigenvalue weighted by Gasteiger charge is -2.06. The smallest absolute Gasteiger partial charge is 0.123 e. The molecule has 21 heavy (non-hydrogen) atoms. The van der Waals surface area contributed by atoms with Crippen molar-refractivity contribution in [2.75, 3.05) is 14.2 Å². The van der Waals surface area contributed by atoms with Crippen molar-refractivity contribution in [3.05, 3.63) is 59.2 Å². The van der Waals surface area contributed by atoms with Crippen LogP contribution in [0.5, 0.6) is 11.5 Å². The van der Waals surface area contributed by atoms with Gasteiger partial charge in [0, 0.05) is 6.07 Å². The van der Waals surface area contributed by atoms with Crippen LogP contribution in [0, 0.1) is 0 Å². The molecule has 2 rings (SSSR count). The highest BCUT2D eigenvalue weighted by Crippen LogP contribution is 2.23. The van der Waals surface area contributed by atoms with Gasteiger partial charge < -0.3 is 19.4 Å². The van der Waals surface area contributed by atoms with Gasteiger partial charge in [0.15, 0.2) is 0 Å². The number of benzene rings is 2. The maximum Gasteiger partial charge on any atom is 0.123 e. The maximum absolute atomic E-state index is 10.7. The van der Waals surface area contributed by atoms with E-state index in [0.29, 0.717) is 11.5 Å². The van der Waals surface area contributed by atoms with E-state index >= 15 is 0 Å². The van der Waals surface area contributed by atoms with Crippen LogP contribution in [0.4, 0.5) is 0 Å². The molecule has 0 aliphatic rings. The van der Waals surface area contributed by atoms with Crippen molar-refractivity contribution < 1.29 is 19.4 Å². The van der Waals surface area contributed by atoms with Gasteiger partial charge in [-0.05, 0) is 28.8 Å². The predicted octanol–water partition coefficient (Wildman–Crippen LogP) is 2.24. The van der Waals surface area contributed by atoms with E-state index < -0.39 is 5.97 Å². The molecule has 0 spiro atoms. The third kappa shape index (κ3) is 3.86. The van der Waals surface area contributed by atoms with Gasteiger partial charge in [-0.3, -0.25) is 0 Å². The van der Waals surface area contributed by atoms with Crippen molar-refractivity contribution in [3.63, 3.8) is 0 Å². The van der Waals surface area contributed by atoms with Crippen LogP contribution in [0.1, 0.15) is 21.5 Å². The quantitative estimate of drug-likeness (QED) is 0.790. The molecule has 0 aromatic heterocycles. The van der Waals surface area contributed by atoms with Crippen LogP contribution < -0.4 is 14.6 Å². The Morgan fingerprint density at radius 2 is 1.43 bits per heavy atom. The summed E-state index contributed by atoms with van der Waals surface area (Å²) in [7, 11) is 3.20. The lowest BCUT2D eigenvalue weighted by molar-refractivity contribution is -0.255. The third-order valence-electron chi connectivity index (χ3n) is 2.99. The molecule has 2 aromatic carbocycles. The highest BCUT2D eigenvalue weighted by atomic mass is 16.5. The van der Waals surface area contributed by atoms with Crippen LogP contribution in [0.2, 0.25) is 0 Å². The highest BCUT2D eigenvalue weighted by Gasteiger charge is 1.99. The molecular weight excluding hydrogens is 268 g/mol. The van der Waals surface area contributed by atoms with Gasteiger partial charge in [0.05, 0.1) is 20.2 Å². The predicted molar refractivity (Wildman–Crippen MR) is 79.2 cm³/mol. The number of hydrogen-bond donors (Lipinski definition) is 0. The number of aromatic carboxylic acids is 1. The molecule has 0 aliphatic heterocycles. The average Bonchev–Trinajstić information content (AvgIpc) is 2.52. The topological polar surface area (TPSA) is 58.6 Å². The summed E-state index contributed by atoms with van der Waals surface area (Å²) in [6.45, 7) is 0. The van der Waals surface area contributed by atoms with E-state index in [-0.39, 0.29) is 5.56 Å². The molecule has 108 valence electrons. The first-order valence-electron chi connectivity index (χ1n) is 6.35. The van der Waals surface area contributed by atoms with Gasteiger partial charge in [-0.1, -0.05) is 36.4 Å². The number of carbonyl (C=O) groups is 1. The monoisotopic (exact) mass is 283 g/mol. The minimum atomic E-state index is -1.18. The second kappa shape index (κ2) is 6.61. The van der Waals surface area contributed by atoms with Crippen molar-refractivity contribution in [2.45, 2.75) is 0 Å². The normalized spacial score (nSPS) is 10.6. The van der Waals surface area contributed by atoms with Gasteiger partial charge in [-0.15, -0.1) is 0 Å². The van der Waals surface area contributed by atoms with Crippen molar-refractivity contribution in [1.82, 2.24) is 0 Å². The summed E-state index contributed by atoms with van der Waals surface area (Å²) in [6.07, 6.45) is 3.78. The Bertz CT molecular complexity index is 635. The summed E-state index contributed by atoms with van der Waals surface area (Å²) in [5.74, 6) is 0.241. The molecule has 0 unspecified atom stereocenters. The summed E-state index contributed by atoms with van der Waals surface area (Å²) in [4.78, 5) is 10.7. The Morgan fingerprint density at radius 3 is 1.90 bits per heavy atom. The second-order valence-electron chi connectivity index (χ2n) is 4.39. The van der Waals surface area contributed by atoms with Crippen molar-refractivity contribution in [2.24, 2.45) is 0 Å². The SMILES string of the molecule is COc1cc(/C=C/c2ccc(C(=O)[O-])cc2)cc(OC)c1. The molecule has 0 bridgehead atoms. The number of carbonyl (C=O) groups excluding carboxylic acids is 1. The third-order valence-corrected chi connectivity index (χ3v) is 2.99. The summed E-state index contributed by atoms with van der Waals surface area (Å²) in [5.41, 5.74) is 1.98. The highest BCUT2D eigenvalue weighted by molar-refractivity contribution is 5.86. The zero-order chi connectivity index (χ0) is 15.2. The molecule has 0 N–H and O–H groups in total. The molecule has 0 radical (unpaired) electrons. The molecule has 0 saturated heterocycles. The number of carboxylic acids is 1. The fraction of sp³-hybridized carbons (Fsp3) is 0.118. The number of rotatable bonds is 5. The summed E-state index contributed by atoms with van der Waals surface area (Å²) in [5, 5.41) is 10.7. The summed E-state index contributed by atoms with van der Waals surface area (Å²) >= 11 is 0. The summed E-state index contributed by atoms with van der Waals surface area (Å²) < 4.78 is 10.4. The second-order valence-corrected chi connectivity index (χ2v) is 4.39. The lowest BCUT2D eigenvalue weighted by Crippen LogP contribution is -2.21. The van der Waals surface area contributed by atoms with Crippen LogP contribution >= 0.6 is 0 Å². The molecular formula is C17H15O4-. The van der Waals surface area contributed by atoms with Gasteiger partial charge in [0.2, 0.25) is 0 Å². The van der Waals surface area contributed by atoms with Gasteiger partial charge in [0.25, 0.3) is 0 Å². The molecule has 0 fully saturated rings. The number of methoxy groups -OCH3 is 2. The number of hydrogen-bond acceptors (Lipinski definition) is 4. The number of ether oxygens (including phenoxy) is 2. The first-order valence-corrected chi connectivity index (χ1v) is 6.35. The van der Waals surface area contributed by atoms with Crippen LogP contribution in [-0.4, -0.2) is 20.2 Å². The molecule has 2 aromatic rings. The van der Waals surface area contributed by atoms with E-state index in [0.717, 1.165) is 11.1 Å². The van der Waals surface area contributed by atoms with Crippen molar-refractivity contribution in [1.29, 1.82) is 0 Å². The Kier molecular flexibility index (Phi) is 4.61. The molecule has 0 saturated carbocycles. The van der Waals surface area contributed by atoms with Gasteiger partial charge in [-0.2, -0.15) is 0 Å². The van der Waals surface area contributed by atoms with Crippen molar-refractivity contribution >= 4 is 18.1 Å². The van der Waals surface area contributed by atoms with Gasteiger partial charge in [-0.25, -0.2) is 0 Å². The Morgan fingerprint density at radius 1 is 0.905 bits per heavy atom. The Hall–Kier alpha value is -2.75. The number of carboxylic acid groups (broad SMARTS) is 1.